The molecule has 5 heteroatoms. The zero-order chi connectivity index (χ0) is 10.3. The third-order valence-corrected chi connectivity index (χ3v) is 3.82. The van der Waals surface area contributed by atoms with Crippen molar-refractivity contribution in [1.82, 2.24) is 25.5 Å². The maximum Gasteiger partial charge on any atom is 0.188 e. The van der Waals surface area contributed by atoms with Crippen LogP contribution in [-0.2, 0) is 6.54 Å². The highest BCUT2D eigenvalue weighted by Crippen LogP contribution is 2.48. The molecule has 2 fully saturated rings. The third kappa shape index (κ3) is 1.65. The van der Waals surface area contributed by atoms with Gasteiger partial charge >= 0.3 is 0 Å². The SMILES string of the molecule is CC1CCC2(C1)CN(Cc1nn[nH]n1)C2. The van der Waals surface area contributed by atoms with Crippen LogP contribution in [0.2, 0.25) is 0 Å². The van der Waals surface area contributed by atoms with E-state index in [-0.39, 0.29) is 0 Å². The van der Waals surface area contributed by atoms with Gasteiger partial charge in [-0.1, -0.05) is 18.6 Å². The molecule has 15 heavy (non-hydrogen) atoms. The van der Waals surface area contributed by atoms with Crippen molar-refractivity contribution in [2.45, 2.75) is 32.7 Å². The Morgan fingerprint density at radius 1 is 1.53 bits per heavy atom. The van der Waals surface area contributed by atoms with E-state index in [1.807, 2.05) is 0 Å². The fourth-order valence-corrected chi connectivity index (χ4v) is 3.25. The highest BCUT2D eigenvalue weighted by atomic mass is 15.5. The van der Waals surface area contributed by atoms with Crippen LogP contribution in [0.15, 0.2) is 0 Å². The second-order valence-electron chi connectivity index (χ2n) is 5.32. The summed E-state index contributed by atoms with van der Waals surface area (Å²) >= 11 is 0. The smallest absolute Gasteiger partial charge is 0.188 e. The van der Waals surface area contributed by atoms with Crippen LogP contribution in [0, 0.1) is 11.3 Å². The first-order valence-electron chi connectivity index (χ1n) is 5.70. The molecule has 1 unspecified atom stereocenters. The molecule has 2 heterocycles. The van der Waals surface area contributed by atoms with Crippen molar-refractivity contribution in [2.75, 3.05) is 13.1 Å². The van der Waals surface area contributed by atoms with Crippen LogP contribution < -0.4 is 0 Å². The second-order valence-corrected chi connectivity index (χ2v) is 5.32. The molecule has 1 N–H and O–H groups in total. The lowest BCUT2D eigenvalue weighted by atomic mass is 9.77. The number of hydrogen-bond acceptors (Lipinski definition) is 4. The molecule has 1 saturated heterocycles. The first-order valence-corrected chi connectivity index (χ1v) is 5.70. The minimum Gasteiger partial charge on any atom is -0.295 e. The summed E-state index contributed by atoms with van der Waals surface area (Å²) in [6.45, 7) is 5.68. The van der Waals surface area contributed by atoms with Crippen LogP contribution in [0.1, 0.15) is 32.0 Å². The standard InChI is InChI=1S/C10H17N5/c1-8-2-3-10(4-8)6-15(7-10)5-9-11-13-14-12-9/h8H,2-7H2,1H3,(H,11,12,13,14). The average Bonchev–Trinajstić information content (AvgIpc) is 2.74. The Morgan fingerprint density at radius 2 is 2.40 bits per heavy atom. The van der Waals surface area contributed by atoms with Gasteiger partial charge in [-0.05, 0) is 24.2 Å². The number of tetrazole rings is 1. The average molecular weight is 207 g/mol. The Kier molecular flexibility index (Phi) is 2.02. The van der Waals surface area contributed by atoms with Gasteiger partial charge in [-0.3, -0.25) is 4.90 Å². The maximum absolute atomic E-state index is 3.98. The first-order chi connectivity index (χ1) is 7.26. The number of aromatic amines is 1. The van der Waals surface area contributed by atoms with Gasteiger partial charge in [0.15, 0.2) is 5.82 Å². The van der Waals surface area contributed by atoms with E-state index in [2.05, 4.69) is 32.4 Å². The largest absolute Gasteiger partial charge is 0.295 e. The van der Waals surface area contributed by atoms with E-state index in [9.17, 15) is 0 Å². The minimum absolute atomic E-state index is 0.642. The van der Waals surface area contributed by atoms with E-state index in [0.29, 0.717) is 5.41 Å². The molecular weight excluding hydrogens is 190 g/mol. The lowest BCUT2D eigenvalue weighted by molar-refractivity contribution is -0.00461. The van der Waals surface area contributed by atoms with Crippen LogP contribution in [0.3, 0.4) is 0 Å². The zero-order valence-corrected chi connectivity index (χ0v) is 9.11. The molecular formula is C10H17N5. The van der Waals surface area contributed by atoms with Gasteiger partial charge in [0.05, 0.1) is 6.54 Å². The molecule has 2 aliphatic rings. The van der Waals surface area contributed by atoms with Gasteiger partial charge in [-0.15, -0.1) is 10.2 Å². The predicted molar refractivity (Wildman–Crippen MR) is 54.9 cm³/mol. The van der Waals surface area contributed by atoms with E-state index < -0.39 is 0 Å². The Hall–Kier alpha value is -0.970. The number of likely N-dealkylation sites (tertiary alicyclic amines) is 1. The van der Waals surface area contributed by atoms with E-state index in [1.165, 1.54) is 32.4 Å². The number of rotatable bonds is 2. The molecule has 1 aliphatic heterocycles. The van der Waals surface area contributed by atoms with Gasteiger partial charge in [-0.2, -0.15) is 5.21 Å². The van der Waals surface area contributed by atoms with Crippen molar-refractivity contribution < 1.29 is 0 Å². The van der Waals surface area contributed by atoms with Crippen molar-refractivity contribution in [1.29, 1.82) is 0 Å². The summed E-state index contributed by atoms with van der Waals surface area (Å²) in [4.78, 5) is 2.42. The maximum atomic E-state index is 3.98. The van der Waals surface area contributed by atoms with Crippen LogP contribution in [0.5, 0.6) is 0 Å². The number of aromatic nitrogens is 4. The number of nitrogens with zero attached hydrogens (tertiary/aromatic N) is 4. The van der Waals surface area contributed by atoms with Gasteiger partial charge in [0, 0.05) is 13.1 Å². The van der Waals surface area contributed by atoms with E-state index in [1.54, 1.807) is 0 Å². The quantitative estimate of drug-likeness (QED) is 0.780. The van der Waals surface area contributed by atoms with Crippen molar-refractivity contribution >= 4 is 0 Å². The van der Waals surface area contributed by atoms with Crippen molar-refractivity contribution in [3.63, 3.8) is 0 Å². The second kappa shape index (κ2) is 3.27. The molecule has 1 spiro atoms. The van der Waals surface area contributed by atoms with E-state index in [4.69, 9.17) is 0 Å². The molecule has 0 radical (unpaired) electrons. The van der Waals surface area contributed by atoms with Crippen molar-refractivity contribution in [3.8, 4) is 0 Å². The zero-order valence-electron chi connectivity index (χ0n) is 9.11. The van der Waals surface area contributed by atoms with E-state index >= 15 is 0 Å². The molecule has 1 atom stereocenters. The molecule has 5 nitrogen and oxygen atoms in total. The summed E-state index contributed by atoms with van der Waals surface area (Å²) in [7, 11) is 0. The Labute approximate surface area is 89.2 Å². The molecule has 1 aromatic rings. The van der Waals surface area contributed by atoms with Gasteiger partial charge in [0.25, 0.3) is 0 Å². The van der Waals surface area contributed by atoms with E-state index in [0.717, 1.165) is 18.3 Å². The molecule has 1 aliphatic carbocycles. The fourth-order valence-electron chi connectivity index (χ4n) is 3.25. The normalized spacial score (nSPS) is 29.5. The van der Waals surface area contributed by atoms with Gasteiger partial charge in [-0.25, -0.2) is 0 Å². The van der Waals surface area contributed by atoms with Gasteiger partial charge in [0.1, 0.15) is 0 Å². The van der Waals surface area contributed by atoms with Crippen LogP contribution >= 0.6 is 0 Å². The third-order valence-electron chi connectivity index (χ3n) is 3.82. The van der Waals surface area contributed by atoms with Gasteiger partial charge < -0.3 is 0 Å². The highest BCUT2D eigenvalue weighted by molar-refractivity contribution is 5.00. The summed E-state index contributed by atoms with van der Waals surface area (Å²) in [5.74, 6) is 1.74. The fraction of sp³-hybridized carbons (Fsp3) is 0.900. The molecule has 82 valence electrons. The number of hydrogen-bond donors (Lipinski definition) is 1. The topological polar surface area (TPSA) is 57.7 Å². The summed E-state index contributed by atoms with van der Waals surface area (Å²) < 4.78 is 0. The predicted octanol–water partition coefficient (Wildman–Crippen LogP) is 0.822. The van der Waals surface area contributed by atoms with Gasteiger partial charge in [0.2, 0.25) is 0 Å². The molecule has 0 amide bonds. The summed E-state index contributed by atoms with van der Waals surface area (Å²) in [5.41, 5.74) is 0.642. The monoisotopic (exact) mass is 207 g/mol. The summed E-state index contributed by atoms with van der Waals surface area (Å²) in [6, 6.07) is 0. The lowest BCUT2D eigenvalue weighted by Gasteiger charge is -2.48. The molecule has 1 saturated carbocycles. The Balaban J connectivity index is 1.54. The molecule has 0 bridgehead atoms. The van der Waals surface area contributed by atoms with Crippen LogP contribution in [0.4, 0.5) is 0 Å². The van der Waals surface area contributed by atoms with Crippen LogP contribution in [-0.4, -0.2) is 38.6 Å². The Morgan fingerprint density at radius 3 is 3.00 bits per heavy atom. The van der Waals surface area contributed by atoms with Crippen molar-refractivity contribution in [2.24, 2.45) is 11.3 Å². The molecule has 3 rings (SSSR count). The molecule has 1 aromatic heterocycles. The highest BCUT2D eigenvalue weighted by Gasteiger charge is 2.46. The van der Waals surface area contributed by atoms with Crippen molar-refractivity contribution in [3.05, 3.63) is 5.82 Å². The molecule has 0 aromatic carbocycles. The van der Waals surface area contributed by atoms with Crippen LogP contribution in [0.25, 0.3) is 0 Å². The Bertz CT molecular complexity index is 328. The number of H-pyrrole nitrogens is 1. The first kappa shape index (κ1) is 9.27. The summed E-state index contributed by atoms with van der Waals surface area (Å²) in [5, 5.41) is 14.0. The summed E-state index contributed by atoms with van der Waals surface area (Å²) in [6.07, 6.45) is 4.24. The number of nitrogens with one attached hydrogen (secondary N) is 1. The minimum atomic E-state index is 0.642. The lowest BCUT2D eigenvalue weighted by Crippen LogP contribution is -2.54.